The monoisotopic (exact) mass is 353 g/mol. The molecule has 1 aliphatic heterocycles. The molecule has 0 amide bonds. The van der Waals surface area contributed by atoms with Crippen molar-refractivity contribution in [1.82, 2.24) is 15.3 Å². The van der Waals surface area contributed by atoms with E-state index in [9.17, 15) is 9.18 Å². The molecule has 0 saturated carbocycles. The first-order valence-electron chi connectivity index (χ1n) is 6.95. The van der Waals surface area contributed by atoms with E-state index < -0.39 is 12.0 Å². The fourth-order valence-electron chi connectivity index (χ4n) is 2.09. The number of benzene rings is 1. The molecule has 0 atom stereocenters. The minimum Gasteiger partial charge on any atom is -0.434 e. The summed E-state index contributed by atoms with van der Waals surface area (Å²) in [6.45, 7) is 1.78. The second-order valence-corrected chi connectivity index (χ2v) is 5.18. The van der Waals surface area contributed by atoms with E-state index in [1.807, 2.05) is 0 Å². The first-order valence-corrected chi connectivity index (χ1v) is 7.33. The van der Waals surface area contributed by atoms with E-state index in [1.165, 1.54) is 11.1 Å². The molecule has 0 bridgehead atoms. The van der Waals surface area contributed by atoms with E-state index >= 15 is 0 Å². The van der Waals surface area contributed by atoms with Gasteiger partial charge in [0.1, 0.15) is 5.69 Å². The summed E-state index contributed by atoms with van der Waals surface area (Å²) in [4.78, 5) is 11.4. The maximum Gasteiger partial charge on any atom is 0.513 e. The third-order valence-corrected chi connectivity index (χ3v) is 3.48. The molecule has 126 valence electrons. The van der Waals surface area contributed by atoms with E-state index in [2.05, 4.69) is 20.5 Å². The van der Waals surface area contributed by atoms with Gasteiger partial charge in [-0.3, -0.25) is 0 Å². The van der Waals surface area contributed by atoms with Crippen molar-refractivity contribution in [1.29, 1.82) is 0 Å². The van der Waals surface area contributed by atoms with Crippen molar-refractivity contribution in [3.63, 3.8) is 0 Å². The molecule has 2 heterocycles. The fourth-order valence-corrected chi connectivity index (χ4v) is 2.28. The number of carbonyl (C=O) groups excluding carboxylic acids is 1. The molecule has 0 unspecified atom stereocenters. The van der Waals surface area contributed by atoms with Crippen molar-refractivity contribution in [2.24, 2.45) is 12.1 Å². The average molecular weight is 354 g/mol. The minimum atomic E-state index is -0.924. The van der Waals surface area contributed by atoms with Gasteiger partial charge in [0.2, 0.25) is 0 Å². The Labute approximate surface area is 140 Å². The van der Waals surface area contributed by atoms with E-state index in [-0.39, 0.29) is 23.1 Å². The minimum absolute atomic E-state index is 0.0290. The van der Waals surface area contributed by atoms with Gasteiger partial charge in [0.15, 0.2) is 17.1 Å². The zero-order valence-corrected chi connectivity index (χ0v) is 13.5. The number of hydrogen-bond acceptors (Lipinski definition) is 7. The molecule has 10 heteroatoms. The summed E-state index contributed by atoms with van der Waals surface area (Å²) in [6, 6.07) is 2.31. The zero-order valence-electron chi connectivity index (χ0n) is 12.8. The van der Waals surface area contributed by atoms with Crippen LogP contribution in [0.4, 0.5) is 14.9 Å². The van der Waals surface area contributed by atoms with E-state index in [1.54, 1.807) is 31.1 Å². The predicted molar refractivity (Wildman–Crippen MR) is 83.1 cm³/mol. The molecule has 8 nitrogen and oxygen atoms in total. The van der Waals surface area contributed by atoms with Crippen LogP contribution in [0, 0.1) is 5.82 Å². The van der Waals surface area contributed by atoms with Crippen LogP contribution in [0.3, 0.4) is 0 Å². The molecule has 1 aromatic carbocycles. The standard InChI is InChI=1S/C14H13ClFN5O3/c1-3-23-14(22)24-12-5-11(10(16)4-9(12)15)21-7-8-6-17-20(2)13(8)18-19-21/h4-7,19H,3H2,1-2H3. The number of aryl methyl sites for hydroxylation is 1. The number of anilines is 1. The van der Waals surface area contributed by atoms with Crippen molar-refractivity contribution in [2.75, 3.05) is 11.6 Å². The van der Waals surface area contributed by atoms with Gasteiger partial charge < -0.3 is 9.47 Å². The Hall–Kier alpha value is -2.81. The van der Waals surface area contributed by atoms with Gasteiger partial charge in [-0.2, -0.15) is 5.10 Å². The highest BCUT2D eigenvalue weighted by atomic mass is 35.5. The lowest BCUT2D eigenvalue weighted by Crippen LogP contribution is -2.44. The number of nitrogens with one attached hydrogen (secondary N) is 1. The van der Waals surface area contributed by atoms with Crippen LogP contribution in [0.25, 0.3) is 6.20 Å². The smallest absolute Gasteiger partial charge is 0.434 e. The number of rotatable bonds is 3. The van der Waals surface area contributed by atoms with Gasteiger partial charge in [-0.15, -0.1) is 5.10 Å². The second-order valence-electron chi connectivity index (χ2n) is 4.78. The second kappa shape index (κ2) is 6.36. The summed E-state index contributed by atoms with van der Waals surface area (Å²) in [5, 5.41) is 10.1. The van der Waals surface area contributed by atoms with Gasteiger partial charge in [-0.25, -0.2) is 24.4 Å². The molecule has 0 spiro atoms. The topological polar surface area (TPSA) is 81.0 Å². The lowest BCUT2D eigenvalue weighted by atomic mass is 10.2. The van der Waals surface area contributed by atoms with Crippen LogP contribution in [0.2, 0.25) is 5.02 Å². The summed E-state index contributed by atoms with van der Waals surface area (Å²) in [7, 11) is 1.74. The van der Waals surface area contributed by atoms with Crippen LogP contribution in [-0.4, -0.2) is 22.5 Å². The molecular weight excluding hydrogens is 341 g/mol. The van der Waals surface area contributed by atoms with Crippen LogP contribution in [0.15, 0.2) is 23.4 Å². The number of halogens is 2. The molecule has 3 rings (SSSR count). The largest absolute Gasteiger partial charge is 0.513 e. The van der Waals surface area contributed by atoms with Crippen LogP contribution in [0.1, 0.15) is 6.92 Å². The Morgan fingerprint density at radius 3 is 3.00 bits per heavy atom. The van der Waals surface area contributed by atoms with Crippen molar-refractivity contribution < 1.29 is 18.7 Å². The number of carbonyl (C=O) groups is 1. The molecular formula is C14H13ClFN5O3. The Bertz CT molecular complexity index is 914. The van der Waals surface area contributed by atoms with Crippen LogP contribution >= 0.6 is 11.6 Å². The van der Waals surface area contributed by atoms with Gasteiger partial charge >= 0.3 is 6.16 Å². The Kier molecular flexibility index (Phi) is 4.26. The van der Waals surface area contributed by atoms with Gasteiger partial charge in [-0.1, -0.05) is 11.6 Å². The Morgan fingerprint density at radius 2 is 2.25 bits per heavy atom. The number of ether oxygens (including phenoxy) is 2. The van der Waals surface area contributed by atoms with Gasteiger partial charge in [-0.05, 0) is 13.0 Å². The molecule has 1 aromatic heterocycles. The number of nitrogens with zero attached hydrogens (tertiary/aromatic N) is 4. The van der Waals surface area contributed by atoms with E-state index in [4.69, 9.17) is 16.3 Å². The highest BCUT2D eigenvalue weighted by molar-refractivity contribution is 6.32. The van der Waals surface area contributed by atoms with Crippen LogP contribution in [-0.2, 0) is 11.8 Å². The Morgan fingerprint density at radius 1 is 1.46 bits per heavy atom. The first-order chi connectivity index (χ1) is 11.5. The van der Waals surface area contributed by atoms with Crippen molar-refractivity contribution in [3.05, 3.63) is 39.9 Å². The lowest BCUT2D eigenvalue weighted by molar-refractivity contribution is 0.104. The predicted octanol–water partition coefficient (Wildman–Crippen LogP) is 1.05. The summed E-state index contributed by atoms with van der Waals surface area (Å²) in [6.07, 6.45) is 2.28. The first kappa shape index (κ1) is 16.1. The maximum absolute atomic E-state index is 14.3. The lowest BCUT2D eigenvalue weighted by Gasteiger charge is -2.22. The number of fused-ring (bicyclic) bond motifs is 1. The van der Waals surface area contributed by atoms with E-state index in [0.717, 1.165) is 6.07 Å². The summed E-state index contributed by atoms with van der Waals surface area (Å²) >= 11 is 5.91. The van der Waals surface area contributed by atoms with E-state index in [0.29, 0.717) is 10.7 Å². The highest BCUT2D eigenvalue weighted by Crippen LogP contribution is 2.32. The summed E-state index contributed by atoms with van der Waals surface area (Å²) < 4.78 is 25.5. The molecule has 1 N–H and O–H groups in total. The number of hydrogen-bond donors (Lipinski definition) is 1. The average Bonchev–Trinajstić information content (AvgIpc) is 2.91. The molecule has 0 saturated heterocycles. The fraction of sp³-hybridized carbons (Fsp3) is 0.214. The summed E-state index contributed by atoms with van der Waals surface area (Å²) in [5.41, 5.74) is 3.34. The van der Waals surface area contributed by atoms with Crippen molar-refractivity contribution >= 4 is 29.6 Å². The highest BCUT2D eigenvalue weighted by Gasteiger charge is 2.18. The maximum atomic E-state index is 14.3. The molecule has 2 aromatic rings. The van der Waals surface area contributed by atoms with Gasteiger partial charge in [0, 0.05) is 19.3 Å². The molecule has 0 fully saturated rings. The Balaban J connectivity index is 1.96. The third-order valence-electron chi connectivity index (χ3n) is 3.18. The van der Waals surface area contributed by atoms with Gasteiger partial charge in [0.25, 0.3) is 0 Å². The summed E-state index contributed by atoms with van der Waals surface area (Å²) in [5.74, 6) is -0.652. The van der Waals surface area contributed by atoms with Crippen LogP contribution in [0.5, 0.6) is 5.75 Å². The number of hydrazine groups is 1. The quantitative estimate of drug-likeness (QED) is 0.656. The van der Waals surface area contributed by atoms with Gasteiger partial charge in [0.05, 0.1) is 23.0 Å². The van der Waals surface area contributed by atoms with Crippen LogP contribution < -0.4 is 26.0 Å². The zero-order chi connectivity index (χ0) is 17.3. The molecule has 0 aliphatic carbocycles. The third kappa shape index (κ3) is 2.98. The SMILES string of the molecule is CCOC(=O)Oc1cc(N2C=c3cnn(C)c3=NN2)c(F)cc1Cl. The number of aromatic nitrogens is 2. The van der Waals surface area contributed by atoms with Crippen molar-refractivity contribution in [3.8, 4) is 5.75 Å². The molecule has 1 aliphatic rings. The molecule has 24 heavy (non-hydrogen) atoms. The van der Waals surface area contributed by atoms with Crippen molar-refractivity contribution in [2.45, 2.75) is 6.92 Å². The normalized spacial score (nSPS) is 12.6. The molecule has 0 radical (unpaired) electrons.